The van der Waals surface area contributed by atoms with Crippen LogP contribution in [0.3, 0.4) is 0 Å². The lowest BCUT2D eigenvalue weighted by atomic mass is 10.1. The first-order valence-corrected chi connectivity index (χ1v) is 8.68. The van der Waals surface area contributed by atoms with Gasteiger partial charge in [-0.3, -0.25) is 4.79 Å². The molecule has 130 valence electrons. The van der Waals surface area contributed by atoms with Crippen LogP contribution < -0.4 is 5.32 Å². The summed E-state index contributed by atoms with van der Waals surface area (Å²) in [4.78, 5) is 21.6. The molecule has 0 spiro atoms. The minimum Gasteiger partial charge on any atom is -0.347 e. The lowest BCUT2D eigenvalue weighted by Gasteiger charge is -2.24. The minimum absolute atomic E-state index is 0.0861. The van der Waals surface area contributed by atoms with Crippen molar-refractivity contribution in [1.82, 2.24) is 29.6 Å². The summed E-state index contributed by atoms with van der Waals surface area (Å²) < 4.78 is 4.00. The summed E-state index contributed by atoms with van der Waals surface area (Å²) in [5.41, 5.74) is 2.41. The Hall–Kier alpha value is -2.70. The van der Waals surface area contributed by atoms with Crippen molar-refractivity contribution in [2.24, 2.45) is 0 Å². The maximum absolute atomic E-state index is 12.6. The van der Waals surface area contributed by atoms with Gasteiger partial charge in [0.25, 0.3) is 5.91 Å². The van der Waals surface area contributed by atoms with Crippen LogP contribution in [-0.2, 0) is 13.0 Å². The Morgan fingerprint density at radius 2 is 2.20 bits per heavy atom. The fraction of sp³-hybridized carbons (Fsp3) is 0.444. The van der Waals surface area contributed by atoms with E-state index in [1.54, 1.807) is 12.4 Å². The number of imidazole rings is 1. The van der Waals surface area contributed by atoms with E-state index in [1.165, 1.54) is 0 Å². The Morgan fingerprint density at radius 1 is 1.36 bits per heavy atom. The largest absolute Gasteiger partial charge is 0.347 e. The molecule has 0 fully saturated rings. The van der Waals surface area contributed by atoms with Gasteiger partial charge in [0.2, 0.25) is 0 Å². The van der Waals surface area contributed by atoms with Crippen LogP contribution in [0.15, 0.2) is 24.7 Å². The van der Waals surface area contributed by atoms with Crippen LogP contribution in [0, 0.1) is 6.92 Å². The zero-order valence-electron chi connectivity index (χ0n) is 14.7. The van der Waals surface area contributed by atoms with Gasteiger partial charge in [-0.15, -0.1) is 0 Å². The van der Waals surface area contributed by atoms with Crippen molar-refractivity contribution in [2.45, 2.75) is 52.2 Å². The van der Waals surface area contributed by atoms with Gasteiger partial charge >= 0.3 is 0 Å². The smallest absolute Gasteiger partial charge is 0.253 e. The maximum atomic E-state index is 12.6. The number of carbonyl (C=O) groups excluding carboxylic acids is 1. The van der Waals surface area contributed by atoms with Crippen molar-refractivity contribution < 1.29 is 4.79 Å². The van der Waals surface area contributed by atoms with Gasteiger partial charge in [0.1, 0.15) is 5.82 Å². The standard InChI is InChI=1S/C18H22N6O/c1-11(2)24-17-13(8-20-24)6-14(7-19-17)18(25)22-15-4-5-16-21-12(3)9-23(16)10-15/h6-9,11,15H,4-5,10H2,1-3H3,(H,22,25)/t15-/m0/s1. The van der Waals surface area contributed by atoms with E-state index in [1.807, 2.05) is 23.9 Å². The zero-order chi connectivity index (χ0) is 17.6. The normalized spacial score (nSPS) is 17.0. The van der Waals surface area contributed by atoms with E-state index < -0.39 is 0 Å². The summed E-state index contributed by atoms with van der Waals surface area (Å²) in [7, 11) is 0. The lowest BCUT2D eigenvalue weighted by molar-refractivity contribution is 0.0927. The molecule has 0 bridgehead atoms. The van der Waals surface area contributed by atoms with Crippen molar-refractivity contribution in [3.63, 3.8) is 0 Å². The van der Waals surface area contributed by atoms with Gasteiger partial charge in [0.15, 0.2) is 5.65 Å². The lowest BCUT2D eigenvalue weighted by Crippen LogP contribution is -2.40. The Bertz CT molecular complexity index is 938. The third-order valence-electron chi connectivity index (χ3n) is 4.63. The highest BCUT2D eigenvalue weighted by Gasteiger charge is 2.22. The first-order valence-electron chi connectivity index (χ1n) is 8.68. The Balaban J connectivity index is 1.51. The zero-order valence-corrected chi connectivity index (χ0v) is 14.7. The third-order valence-corrected chi connectivity index (χ3v) is 4.63. The molecule has 7 nitrogen and oxygen atoms in total. The fourth-order valence-corrected chi connectivity index (χ4v) is 3.42. The van der Waals surface area contributed by atoms with Gasteiger partial charge in [-0.1, -0.05) is 0 Å². The van der Waals surface area contributed by atoms with Gasteiger partial charge in [-0.2, -0.15) is 5.10 Å². The predicted molar refractivity (Wildman–Crippen MR) is 94.5 cm³/mol. The van der Waals surface area contributed by atoms with E-state index in [-0.39, 0.29) is 18.0 Å². The molecule has 1 atom stereocenters. The first-order chi connectivity index (χ1) is 12.0. The number of aryl methyl sites for hydroxylation is 2. The van der Waals surface area contributed by atoms with Crippen LogP contribution in [0.1, 0.15) is 48.2 Å². The van der Waals surface area contributed by atoms with Crippen LogP contribution in [0.2, 0.25) is 0 Å². The number of fused-ring (bicyclic) bond motifs is 2. The van der Waals surface area contributed by atoms with Gasteiger partial charge in [0, 0.05) is 42.8 Å². The van der Waals surface area contributed by atoms with E-state index in [0.717, 1.165) is 41.9 Å². The fourth-order valence-electron chi connectivity index (χ4n) is 3.42. The number of pyridine rings is 1. The van der Waals surface area contributed by atoms with E-state index in [4.69, 9.17) is 0 Å². The molecule has 0 aliphatic carbocycles. The Kier molecular flexibility index (Phi) is 3.78. The average molecular weight is 338 g/mol. The van der Waals surface area contributed by atoms with Crippen LogP contribution in [-0.4, -0.2) is 36.3 Å². The molecule has 1 aliphatic heterocycles. The maximum Gasteiger partial charge on any atom is 0.253 e. The van der Waals surface area contributed by atoms with Gasteiger partial charge < -0.3 is 9.88 Å². The number of amides is 1. The number of hydrogen-bond donors (Lipinski definition) is 1. The summed E-state index contributed by atoms with van der Waals surface area (Å²) in [5.74, 6) is 1.02. The highest BCUT2D eigenvalue weighted by Crippen LogP contribution is 2.18. The monoisotopic (exact) mass is 338 g/mol. The summed E-state index contributed by atoms with van der Waals surface area (Å²) in [5, 5.41) is 8.36. The number of nitrogens with one attached hydrogen (secondary N) is 1. The molecule has 7 heteroatoms. The second kappa shape index (κ2) is 5.98. The molecule has 1 N–H and O–H groups in total. The van der Waals surface area contributed by atoms with Gasteiger partial charge in [-0.25, -0.2) is 14.6 Å². The van der Waals surface area contributed by atoms with Gasteiger partial charge in [0.05, 0.1) is 17.5 Å². The second-order valence-corrected chi connectivity index (χ2v) is 6.98. The molecule has 0 unspecified atom stereocenters. The summed E-state index contributed by atoms with van der Waals surface area (Å²) in [6.07, 6.45) is 7.23. The first kappa shape index (κ1) is 15.8. The quantitative estimate of drug-likeness (QED) is 0.795. The molecular weight excluding hydrogens is 316 g/mol. The Labute approximate surface area is 146 Å². The number of nitrogens with zero attached hydrogens (tertiary/aromatic N) is 5. The molecule has 0 aromatic carbocycles. The highest BCUT2D eigenvalue weighted by atomic mass is 16.1. The number of carbonyl (C=O) groups is 1. The Morgan fingerprint density at radius 3 is 3.00 bits per heavy atom. The summed E-state index contributed by atoms with van der Waals surface area (Å²) in [6.45, 7) is 6.88. The van der Waals surface area contributed by atoms with E-state index in [2.05, 4.69) is 38.8 Å². The average Bonchev–Trinajstić information content (AvgIpc) is 3.15. The number of hydrogen-bond acceptors (Lipinski definition) is 4. The van der Waals surface area contributed by atoms with Crippen molar-refractivity contribution in [3.8, 4) is 0 Å². The molecule has 0 radical (unpaired) electrons. The van der Waals surface area contributed by atoms with Crippen molar-refractivity contribution in [1.29, 1.82) is 0 Å². The molecule has 4 rings (SSSR count). The van der Waals surface area contributed by atoms with E-state index >= 15 is 0 Å². The molecule has 25 heavy (non-hydrogen) atoms. The number of aromatic nitrogens is 5. The van der Waals surface area contributed by atoms with E-state index in [0.29, 0.717) is 5.56 Å². The third kappa shape index (κ3) is 2.90. The molecule has 0 saturated carbocycles. The van der Waals surface area contributed by atoms with Crippen molar-refractivity contribution >= 4 is 16.9 Å². The molecule has 3 aromatic rings. The number of rotatable bonds is 3. The van der Waals surface area contributed by atoms with Crippen molar-refractivity contribution in [3.05, 3.63) is 41.7 Å². The second-order valence-electron chi connectivity index (χ2n) is 6.98. The highest BCUT2D eigenvalue weighted by molar-refractivity contribution is 5.97. The van der Waals surface area contributed by atoms with Gasteiger partial charge in [-0.05, 0) is 33.3 Å². The van der Waals surface area contributed by atoms with Crippen LogP contribution in [0.5, 0.6) is 0 Å². The van der Waals surface area contributed by atoms with Crippen LogP contribution in [0.25, 0.3) is 11.0 Å². The molecule has 3 aromatic heterocycles. The molecule has 1 amide bonds. The summed E-state index contributed by atoms with van der Waals surface area (Å²) >= 11 is 0. The molecule has 0 saturated heterocycles. The molecule has 1 aliphatic rings. The van der Waals surface area contributed by atoms with E-state index in [9.17, 15) is 4.79 Å². The van der Waals surface area contributed by atoms with Crippen LogP contribution >= 0.6 is 0 Å². The minimum atomic E-state index is -0.0861. The SMILES string of the molecule is Cc1cn2c(n1)CC[C@H](NC(=O)c1cnc3c(cnn3C(C)C)c1)C2. The van der Waals surface area contributed by atoms with Crippen LogP contribution in [0.4, 0.5) is 0 Å². The molecule has 4 heterocycles. The molecular formula is C18H22N6O. The summed E-state index contributed by atoms with van der Waals surface area (Å²) in [6, 6.07) is 2.21. The topological polar surface area (TPSA) is 77.6 Å². The van der Waals surface area contributed by atoms with Crippen molar-refractivity contribution in [2.75, 3.05) is 0 Å². The predicted octanol–water partition coefficient (Wildman–Crippen LogP) is 2.26.